The molecule has 0 bridgehead atoms. The molecule has 0 aliphatic carbocycles. The first-order valence-electron chi connectivity index (χ1n) is 7.36. The van der Waals surface area contributed by atoms with Gasteiger partial charge in [-0.2, -0.15) is 0 Å². The van der Waals surface area contributed by atoms with Crippen molar-refractivity contribution < 1.29 is 9.59 Å². The van der Waals surface area contributed by atoms with Gasteiger partial charge in [0.1, 0.15) is 0 Å². The summed E-state index contributed by atoms with van der Waals surface area (Å²) in [5, 5.41) is 9.36. The molecule has 2 amide bonds. The van der Waals surface area contributed by atoms with E-state index in [9.17, 15) is 9.59 Å². The average Bonchev–Trinajstić information content (AvgIpc) is 2.52. The number of halogens is 2. The number of nitrogens with one attached hydrogen (secondary N) is 3. The van der Waals surface area contributed by atoms with Gasteiger partial charge >= 0.3 is 0 Å². The van der Waals surface area contributed by atoms with E-state index < -0.39 is 0 Å². The molecule has 0 unspecified atom stereocenters. The summed E-state index contributed by atoms with van der Waals surface area (Å²) in [6.45, 7) is 2.43. The van der Waals surface area contributed by atoms with Gasteiger partial charge in [0.05, 0.1) is 6.54 Å². The molecule has 0 aliphatic rings. The van der Waals surface area contributed by atoms with Crippen molar-refractivity contribution in [2.45, 2.75) is 6.92 Å². The molecule has 0 aliphatic heterocycles. The molecule has 0 fully saturated rings. The fourth-order valence-corrected chi connectivity index (χ4v) is 2.57. The van der Waals surface area contributed by atoms with Crippen molar-refractivity contribution in [3.8, 4) is 0 Å². The third-order valence-corrected chi connectivity index (χ3v) is 3.50. The molecule has 0 radical (unpaired) electrons. The van der Waals surface area contributed by atoms with Gasteiger partial charge in [-0.25, -0.2) is 0 Å². The van der Waals surface area contributed by atoms with Crippen LogP contribution in [-0.4, -0.2) is 24.9 Å². The standard InChI is InChI=1S/C17H17Cl2N3O2/c1-2-20-17(24)11-4-3-5-14(6-11)22-16(23)10-21-15-8-12(18)7-13(19)9-15/h3-9,21H,2,10H2,1H3,(H,20,24)(H,22,23). The number of carbonyl (C=O) groups excluding carboxylic acids is 2. The Hall–Kier alpha value is -2.24. The van der Waals surface area contributed by atoms with Crippen molar-refractivity contribution in [2.24, 2.45) is 0 Å². The van der Waals surface area contributed by atoms with Crippen molar-refractivity contribution in [2.75, 3.05) is 23.7 Å². The monoisotopic (exact) mass is 365 g/mol. The van der Waals surface area contributed by atoms with E-state index in [0.717, 1.165) is 0 Å². The SMILES string of the molecule is CCNC(=O)c1cccc(NC(=O)CNc2cc(Cl)cc(Cl)c2)c1. The zero-order chi connectivity index (χ0) is 17.5. The third kappa shape index (κ3) is 5.44. The Labute approximate surface area is 150 Å². The Morgan fingerprint density at radius 3 is 2.38 bits per heavy atom. The minimum atomic E-state index is -0.251. The van der Waals surface area contributed by atoms with Gasteiger partial charge in [0, 0.05) is 33.5 Å². The van der Waals surface area contributed by atoms with Crippen LogP contribution in [0.5, 0.6) is 0 Å². The van der Waals surface area contributed by atoms with Gasteiger partial charge in [0.2, 0.25) is 5.91 Å². The second-order valence-corrected chi connectivity index (χ2v) is 5.87. The fourth-order valence-electron chi connectivity index (χ4n) is 2.04. The lowest BCUT2D eigenvalue weighted by Gasteiger charge is -2.10. The van der Waals surface area contributed by atoms with Gasteiger partial charge in [-0.3, -0.25) is 9.59 Å². The number of amides is 2. The van der Waals surface area contributed by atoms with Gasteiger partial charge in [-0.1, -0.05) is 29.3 Å². The summed E-state index contributed by atoms with van der Waals surface area (Å²) in [4.78, 5) is 23.8. The molecule has 0 aromatic heterocycles. The predicted octanol–water partition coefficient (Wildman–Crippen LogP) is 3.79. The summed E-state index contributed by atoms with van der Waals surface area (Å²) in [6, 6.07) is 11.7. The van der Waals surface area contributed by atoms with Gasteiger partial charge in [-0.15, -0.1) is 0 Å². The molecule has 5 nitrogen and oxygen atoms in total. The molecule has 24 heavy (non-hydrogen) atoms. The lowest BCUT2D eigenvalue weighted by atomic mass is 10.2. The predicted molar refractivity (Wildman–Crippen MR) is 98.0 cm³/mol. The Balaban J connectivity index is 1.94. The van der Waals surface area contributed by atoms with Gasteiger partial charge < -0.3 is 16.0 Å². The third-order valence-electron chi connectivity index (χ3n) is 3.06. The van der Waals surface area contributed by atoms with Crippen molar-refractivity contribution in [3.05, 3.63) is 58.1 Å². The summed E-state index contributed by atoms with van der Waals surface area (Å²) >= 11 is 11.8. The first-order chi connectivity index (χ1) is 11.5. The zero-order valence-electron chi connectivity index (χ0n) is 13.0. The molecule has 2 rings (SSSR count). The van der Waals surface area contributed by atoms with E-state index in [2.05, 4.69) is 16.0 Å². The van der Waals surface area contributed by atoms with E-state index in [1.165, 1.54) is 0 Å². The average molecular weight is 366 g/mol. The molecular weight excluding hydrogens is 349 g/mol. The topological polar surface area (TPSA) is 70.2 Å². The highest BCUT2D eigenvalue weighted by molar-refractivity contribution is 6.35. The zero-order valence-corrected chi connectivity index (χ0v) is 14.5. The van der Waals surface area contributed by atoms with Crippen LogP contribution in [0.3, 0.4) is 0 Å². The molecule has 0 spiro atoms. The van der Waals surface area contributed by atoms with Crippen LogP contribution in [0.25, 0.3) is 0 Å². The lowest BCUT2D eigenvalue weighted by Crippen LogP contribution is -2.24. The smallest absolute Gasteiger partial charge is 0.251 e. The number of rotatable bonds is 6. The molecule has 0 saturated heterocycles. The van der Waals surface area contributed by atoms with Crippen molar-refractivity contribution in [1.82, 2.24) is 5.32 Å². The summed E-state index contributed by atoms with van der Waals surface area (Å²) in [5.41, 5.74) is 1.69. The lowest BCUT2D eigenvalue weighted by molar-refractivity contribution is -0.114. The second-order valence-electron chi connectivity index (χ2n) is 5.00. The molecule has 0 saturated carbocycles. The molecule has 126 valence electrons. The highest BCUT2D eigenvalue weighted by atomic mass is 35.5. The largest absolute Gasteiger partial charge is 0.376 e. The first-order valence-corrected chi connectivity index (χ1v) is 8.11. The van der Waals surface area contributed by atoms with Crippen LogP contribution in [0.1, 0.15) is 17.3 Å². The number of hydrogen-bond acceptors (Lipinski definition) is 3. The molecule has 0 heterocycles. The van der Waals surface area contributed by atoms with E-state index in [1.54, 1.807) is 42.5 Å². The molecule has 2 aromatic carbocycles. The molecule has 7 heteroatoms. The van der Waals surface area contributed by atoms with Crippen molar-refractivity contribution in [3.63, 3.8) is 0 Å². The van der Waals surface area contributed by atoms with Gasteiger partial charge in [0.25, 0.3) is 5.91 Å². The van der Waals surface area contributed by atoms with Crippen LogP contribution in [-0.2, 0) is 4.79 Å². The maximum absolute atomic E-state index is 12.0. The Morgan fingerprint density at radius 1 is 1.00 bits per heavy atom. The van der Waals surface area contributed by atoms with E-state index in [1.807, 2.05) is 6.92 Å². The highest BCUT2D eigenvalue weighted by Crippen LogP contribution is 2.22. The Kier molecular flexibility index (Phi) is 6.46. The quantitative estimate of drug-likeness (QED) is 0.729. The number of hydrogen-bond donors (Lipinski definition) is 3. The fraction of sp³-hybridized carbons (Fsp3) is 0.176. The van der Waals surface area contributed by atoms with Crippen molar-refractivity contribution >= 4 is 46.4 Å². The van der Waals surface area contributed by atoms with E-state index in [0.29, 0.717) is 33.5 Å². The first kappa shape index (κ1) is 18.1. The van der Waals surface area contributed by atoms with Crippen molar-refractivity contribution in [1.29, 1.82) is 0 Å². The van der Waals surface area contributed by atoms with E-state index >= 15 is 0 Å². The number of anilines is 2. The number of benzene rings is 2. The number of carbonyl (C=O) groups is 2. The molecular formula is C17H17Cl2N3O2. The van der Waals surface area contributed by atoms with E-state index in [4.69, 9.17) is 23.2 Å². The molecule has 3 N–H and O–H groups in total. The minimum absolute atomic E-state index is 0.0437. The maximum atomic E-state index is 12.0. The summed E-state index contributed by atoms with van der Waals surface area (Å²) in [5.74, 6) is -0.431. The summed E-state index contributed by atoms with van der Waals surface area (Å²) in [6.07, 6.45) is 0. The Morgan fingerprint density at radius 2 is 1.71 bits per heavy atom. The second kappa shape index (κ2) is 8.57. The highest BCUT2D eigenvalue weighted by Gasteiger charge is 2.07. The minimum Gasteiger partial charge on any atom is -0.376 e. The van der Waals surface area contributed by atoms with Crippen LogP contribution in [0.2, 0.25) is 10.0 Å². The van der Waals surface area contributed by atoms with Crippen LogP contribution >= 0.6 is 23.2 Å². The van der Waals surface area contributed by atoms with Gasteiger partial charge in [0.15, 0.2) is 0 Å². The van der Waals surface area contributed by atoms with E-state index in [-0.39, 0.29) is 18.4 Å². The van der Waals surface area contributed by atoms with Crippen LogP contribution in [0.15, 0.2) is 42.5 Å². The summed E-state index contributed by atoms with van der Waals surface area (Å²) < 4.78 is 0. The van der Waals surface area contributed by atoms with Gasteiger partial charge in [-0.05, 0) is 43.3 Å². The molecule has 2 aromatic rings. The maximum Gasteiger partial charge on any atom is 0.251 e. The van der Waals surface area contributed by atoms with Crippen LogP contribution in [0, 0.1) is 0 Å². The normalized spacial score (nSPS) is 10.1. The van der Waals surface area contributed by atoms with Crippen LogP contribution in [0.4, 0.5) is 11.4 Å². The molecule has 0 atom stereocenters. The van der Waals surface area contributed by atoms with Crippen LogP contribution < -0.4 is 16.0 Å². The Bertz CT molecular complexity index is 730. The summed E-state index contributed by atoms with van der Waals surface area (Å²) in [7, 11) is 0.